The molecule has 4 nitrogen and oxygen atoms in total. The maximum atomic E-state index is 6.13. The Morgan fingerprint density at radius 1 is 0.468 bits per heavy atom. The van der Waals surface area contributed by atoms with Gasteiger partial charge in [-0.25, -0.2) is 4.98 Å². The third kappa shape index (κ3) is 6.57. The minimum Gasteiger partial charge on any atom is -0.399 e. The van der Waals surface area contributed by atoms with Crippen molar-refractivity contribution in [1.82, 2.24) is 4.98 Å². The van der Waals surface area contributed by atoms with Crippen LogP contribution in [0.2, 0.25) is 0 Å². The van der Waals surface area contributed by atoms with Crippen molar-refractivity contribution >= 4 is 36.6 Å². The second kappa shape index (κ2) is 13.2. The highest BCUT2D eigenvalue weighted by molar-refractivity contribution is 7.81. The lowest BCUT2D eigenvalue weighted by Gasteiger charge is -2.13. The van der Waals surface area contributed by atoms with E-state index in [4.69, 9.17) is 10.7 Å². The van der Waals surface area contributed by atoms with Gasteiger partial charge in [-0.15, -0.1) is 0 Å². The van der Waals surface area contributed by atoms with E-state index in [1.165, 1.54) is 0 Å². The highest BCUT2D eigenvalue weighted by atomic mass is 32.1. The number of rotatable bonds is 8. The van der Waals surface area contributed by atoms with Gasteiger partial charge in [-0.1, -0.05) is 104 Å². The summed E-state index contributed by atoms with van der Waals surface area (Å²) in [6.07, 6.45) is 0. The molecule has 3 N–H and O–H groups in total. The van der Waals surface area contributed by atoms with Crippen LogP contribution in [0.4, 0.5) is 17.1 Å². The van der Waals surface area contributed by atoms with Gasteiger partial charge in [0, 0.05) is 22.5 Å². The molecule has 0 radical (unpaired) electrons. The zero-order chi connectivity index (χ0) is 32.2. The van der Waals surface area contributed by atoms with Gasteiger partial charge in [0.15, 0.2) is 0 Å². The molecule has 0 amide bonds. The fraction of sp³-hybridized carbons (Fsp3) is 0. The van der Waals surface area contributed by atoms with E-state index in [1.54, 1.807) is 0 Å². The number of nitrogens with zero attached hydrogens (tertiary/aromatic N) is 2. The number of benzene rings is 6. The van der Waals surface area contributed by atoms with E-state index in [-0.39, 0.29) is 0 Å². The van der Waals surface area contributed by atoms with Crippen molar-refractivity contribution < 1.29 is 0 Å². The first-order chi connectivity index (χ1) is 23.1. The molecular formula is C42H32N4S. The van der Waals surface area contributed by atoms with Crippen molar-refractivity contribution in [3.8, 4) is 67.0 Å². The first kappa shape index (κ1) is 29.8. The number of nitrogens with one attached hydrogen (secondary N) is 1. The van der Waals surface area contributed by atoms with Crippen LogP contribution in [0.25, 0.3) is 67.0 Å². The van der Waals surface area contributed by atoms with Crippen LogP contribution >= 0.6 is 12.8 Å². The van der Waals surface area contributed by atoms with E-state index in [1.807, 2.05) is 48.5 Å². The van der Waals surface area contributed by atoms with E-state index in [0.29, 0.717) is 0 Å². The van der Waals surface area contributed by atoms with Gasteiger partial charge in [-0.05, 0) is 118 Å². The minimum absolute atomic E-state index is 0.736. The number of hydrogen-bond acceptors (Lipinski definition) is 5. The molecule has 0 aliphatic carbocycles. The van der Waals surface area contributed by atoms with Crippen molar-refractivity contribution in [3.63, 3.8) is 0 Å². The van der Waals surface area contributed by atoms with Gasteiger partial charge in [0.1, 0.15) is 0 Å². The van der Waals surface area contributed by atoms with Gasteiger partial charge in [0.05, 0.1) is 17.1 Å². The Morgan fingerprint density at radius 2 is 0.894 bits per heavy atom. The van der Waals surface area contributed by atoms with Crippen molar-refractivity contribution in [1.29, 1.82) is 0 Å². The Kier molecular flexibility index (Phi) is 8.37. The smallest absolute Gasteiger partial charge is 0.0715 e. The van der Waals surface area contributed by atoms with Gasteiger partial charge in [-0.2, -0.15) is 0 Å². The van der Waals surface area contributed by atoms with Crippen LogP contribution in [0, 0.1) is 0 Å². The molecule has 47 heavy (non-hydrogen) atoms. The summed E-state index contributed by atoms with van der Waals surface area (Å²) in [6.45, 7) is 3.70. The molecule has 6 aromatic carbocycles. The standard InChI is InChI=1S/C42H32N4S/c1-44-39-18-6-13-33(24-39)30-10-4-16-36(22-30)42-27-37(31-11-2-8-28(20-31)34-14-7-19-40(25-34)46-47)26-41(45-42)35-15-3-9-29(21-35)32-12-5-17-38(43)23-32/h2-27,46-47H,1,43H2. The number of aromatic nitrogens is 1. The van der Waals surface area contributed by atoms with Crippen molar-refractivity contribution in [2.75, 3.05) is 10.5 Å². The van der Waals surface area contributed by atoms with E-state index < -0.39 is 0 Å². The van der Waals surface area contributed by atoms with Crippen LogP contribution in [-0.2, 0) is 0 Å². The SMILES string of the molecule is C=Nc1cccc(-c2cccc(-c3cc(-c4cccc(-c5cccc(NS)c5)c4)cc(-c4cccc(-c5cccc(N)c5)c4)n3)c2)c1. The lowest BCUT2D eigenvalue weighted by Crippen LogP contribution is -1.93. The molecule has 7 aromatic rings. The third-order valence-electron chi connectivity index (χ3n) is 8.24. The van der Waals surface area contributed by atoms with E-state index >= 15 is 0 Å². The lowest BCUT2D eigenvalue weighted by molar-refractivity contribution is 1.32. The number of hydrogen-bond donors (Lipinski definition) is 3. The minimum atomic E-state index is 0.736. The maximum absolute atomic E-state index is 6.13. The predicted molar refractivity (Wildman–Crippen MR) is 203 cm³/mol. The summed E-state index contributed by atoms with van der Waals surface area (Å²) in [5.41, 5.74) is 21.2. The fourth-order valence-electron chi connectivity index (χ4n) is 5.86. The van der Waals surface area contributed by atoms with Crippen LogP contribution in [0.1, 0.15) is 0 Å². The molecule has 1 aromatic heterocycles. The summed E-state index contributed by atoms with van der Waals surface area (Å²) in [4.78, 5) is 9.38. The number of nitrogens with two attached hydrogens (primary N) is 1. The summed E-state index contributed by atoms with van der Waals surface area (Å²) in [7, 11) is 0. The zero-order valence-electron chi connectivity index (χ0n) is 25.6. The normalized spacial score (nSPS) is 10.8. The van der Waals surface area contributed by atoms with Crippen LogP contribution < -0.4 is 10.5 Å². The quantitative estimate of drug-likeness (QED) is 0.0895. The van der Waals surface area contributed by atoms with Crippen LogP contribution in [0.5, 0.6) is 0 Å². The first-order valence-corrected chi connectivity index (χ1v) is 15.8. The molecule has 0 aliphatic rings. The van der Waals surface area contributed by atoms with Gasteiger partial charge >= 0.3 is 0 Å². The molecule has 0 atom stereocenters. The molecule has 7 rings (SSSR count). The van der Waals surface area contributed by atoms with E-state index in [2.05, 4.69) is 138 Å². The van der Waals surface area contributed by atoms with Gasteiger partial charge < -0.3 is 10.5 Å². The van der Waals surface area contributed by atoms with Crippen LogP contribution in [0.3, 0.4) is 0 Å². The number of thiol groups is 1. The maximum Gasteiger partial charge on any atom is 0.0715 e. The number of pyridine rings is 1. The average molecular weight is 625 g/mol. The van der Waals surface area contributed by atoms with Gasteiger partial charge in [0.2, 0.25) is 0 Å². The molecule has 1 heterocycles. The highest BCUT2D eigenvalue weighted by Crippen LogP contribution is 2.35. The largest absolute Gasteiger partial charge is 0.399 e. The average Bonchev–Trinajstić information content (AvgIpc) is 3.15. The molecule has 0 spiro atoms. The highest BCUT2D eigenvalue weighted by Gasteiger charge is 2.12. The fourth-order valence-corrected chi connectivity index (χ4v) is 6.00. The summed E-state index contributed by atoms with van der Waals surface area (Å²) >= 11 is 4.24. The molecule has 0 bridgehead atoms. The molecular weight excluding hydrogens is 593 g/mol. The monoisotopic (exact) mass is 624 g/mol. The molecule has 226 valence electrons. The number of aliphatic imine (C=N–C) groups is 1. The Hall–Kier alpha value is -5.91. The van der Waals surface area contributed by atoms with E-state index in [9.17, 15) is 0 Å². The molecule has 5 heteroatoms. The Balaban J connectivity index is 1.37. The molecule has 0 saturated carbocycles. The lowest BCUT2D eigenvalue weighted by atomic mass is 9.95. The van der Waals surface area contributed by atoms with Gasteiger partial charge in [0.25, 0.3) is 0 Å². The molecule has 0 unspecified atom stereocenters. The summed E-state index contributed by atoms with van der Waals surface area (Å²) in [5.74, 6) is 0. The summed E-state index contributed by atoms with van der Waals surface area (Å²) in [6, 6.07) is 54.3. The second-order valence-electron chi connectivity index (χ2n) is 11.4. The van der Waals surface area contributed by atoms with Crippen molar-refractivity contribution in [2.45, 2.75) is 0 Å². The van der Waals surface area contributed by atoms with Gasteiger partial charge in [-0.3, -0.25) is 4.99 Å². The Morgan fingerprint density at radius 3 is 1.45 bits per heavy atom. The predicted octanol–water partition coefficient (Wildman–Crippen LogP) is 11.3. The van der Waals surface area contributed by atoms with Crippen molar-refractivity contribution in [2.24, 2.45) is 4.99 Å². The first-order valence-electron chi connectivity index (χ1n) is 15.3. The van der Waals surface area contributed by atoms with Crippen LogP contribution in [0.15, 0.2) is 163 Å². The molecule has 0 saturated heterocycles. The van der Waals surface area contributed by atoms with E-state index in [0.717, 1.165) is 84.1 Å². The number of nitrogen functional groups attached to an aromatic ring is 1. The Bertz CT molecular complexity index is 2240. The zero-order valence-corrected chi connectivity index (χ0v) is 26.5. The molecule has 0 fully saturated rings. The molecule has 0 aliphatic heterocycles. The third-order valence-corrected chi connectivity index (χ3v) is 8.50. The summed E-state index contributed by atoms with van der Waals surface area (Å²) in [5, 5.41) is 0. The second-order valence-corrected chi connectivity index (χ2v) is 11.6. The number of anilines is 2. The topological polar surface area (TPSA) is 63.3 Å². The van der Waals surface area contributed by atoms with Crippen LogP contribution in [-0.4, -0.2) is 11.7 Å². The van der Waals surface area contributed by atoms with Crippen molar-refractivity contribution in [3.05, 3.63) is 158 Å². The Labute approximate surface area is 280 Å². The summed E-state index contributed by atoms with van der Waals surface area (Å²) < 4.78 is 2.95.